The van der Waals surface area contributed by atoms with Crippen LogP contribution in [0.4, 0.5) is 0 Å². The van der Waals surface area contributed by atoms with Crippen molar-refractivity contribution < 1.29 is 29.2 Å². The van der Waals surface area contributed by atoms with E-state index in [1.54, 1.807) is 13.2 Å². The molecule has 2 aliphatic carbocycles. The summed E-state index contributed by atoms with van der Waals surface area (Å²) in [6.07, 6.45) is 4.89. The highest BCUT2D eigenvalue weighted by Gasteiger charge is 2.29. The topological polar surface area (TPSA) is 126 Å². The fourth-order valence-corrected chi connectivity index (χ4v) is 7.65. The number of ether oxygens (including phenoxy) is 3. The van der Waals surface area contributed by atoms with Crippen LogP contribution < -0.4 is 19.5 Å². The van der Waals surface area contributed by atoms with Crippen molar-refractivity contribution >= 4 is 29.2 Å². The molecule has 0 unspecified atom stereocenters. The van der Waals surface area contributed by atoms with Gasteiger partial charge in [0.05, 0.1) is 37.5 Å². The molecule has 0 spiro atoms. The Kier molecular flexibility index (Phi) is 12.0. The Bertz CT molecular complexity index is 1870. The molecule has 3 atom stereocenters. The standard InChI is InChI=1S/C39H44Cl2N4O6/c1-45(19-18-35(47)48)22-24-20-30(40)39(44-38(24)50-3)51-34-17-15-26-25(8-6-9-27(26)34)28-10-7-11-29(36(28)41)31-16-14-23(37(43-31)49-2)21-42-32-12-4-5-13-33(32)46/h6-11,14,16,20,32-34,42,46H,4-5,12-13,15,17-19,21-22H2,1-3H3,(H,47,48)/t32-,33+,34-/m0/s1. The highest BCUT2D eigenvalue weighted by atomic mass is 35.5. The molecule has 2 aromatic heterocycles. The molecular formula is C39H44Cl2N4O6. The molecule has 10 nitrogen and oxygen atoms in total. The number of hydrogen-bond donors (Lipinski definition) is 3. The number of nitrogens with zero attached hydrogens (tertiary/aromatic N) is 3. The number of aliphatic hydroxyl groups excluding tert-OH is 1. The van der Waals surface area contributed by atoms with E-state index in [9.17, 15) is 9.90 Å². The van der Waals surface area contributed by atoms with Crippen molar-refractivity contribution in [1.82, 2.24) is 20.2 Å². The number of hydrogen-bond acceptors (Lipinski definition) is 9. The van der Waals surface area contributed by atoms with Crippen LogP contribution in [0.1, 0.15) is 66.9 Å². The zero-order chi connectivity index (χ0) is 36.1. The molecule has 6 rings (SSSR count). The van der Waals surface area contributed by atoms with Crippen LogP contribution in [-0.2, 0) is 24.3 Å². The number of carboxylic acids is 1. The van der Waals surface area contributed by atoms with E-state index in [0.29, 0.717) is 47.1 Å². The van der Waals surface area contributed by atoms with Crippen LogP contribution in [0.2, 0.25) is 10.0 Å². The largest absolute Gasteiger partial charge is 0.481 e. The SMILES string of the molecule is COc1nc(-c2cccc(-c3cccc4c3CC[C@@H]4Oc3nc(OC)c(CN(C)CCC(=O)O)cc3Cl)c2Cl)ccc1CN[C@H]1CCCC[C@H]1O. The number of carboxylic acid groups (broad SMARTS) is 1. The molecule has 2 aliphatic rings. The number of aromatic nitrogens is 2. The molecule has 51 heavy (non-hydrogen) atoms. The number of methoxy groups -OCH3 is 2. The number of aliphatic carboxylic acids is 1. The Balaban J connectivity index is 1.21. The van der Waals surface area contributed by atoms with Crippen LogP contribution in [-0.4, -0.2) is 71.0 Å². The maximum Gasteiger partial charge on any atom is 0.304 e. The summed E-state index contributed by atoms with van der Waals surface area (Å²) in [6.45, 7) is 1.35. The lowest BCUT2D eigenvalue weighted by Gasteiger charge is -2.28. The lowest BCUT2D eigenvalue weighted by molar-refractivity contribution is -0.137. The summed E-state index contributed by atoms with van der Waals surface area (Å²) in [5, 5.41) is 23.9. The van der Waals surface area contributed by atoms with Crippen molar-refractivity contribution in [1.29, 1.82) is 0 Å². The van der Waals surface area contributed by atoms with Gasteiger partial charge in [0.2, 0.25) is 17.6 Å². The van der Waals surface area contributed by atoms with Gasteiger partial charge in [-0.05, 0) is 61.6 Å². The molecule has 3 N–H and O–H groups in total. The number of halogens is 2. The van der Waals surface area contributed by atoms with Crippen LogP contribution in [0.5, 0.6) is 17.6 Å². The van der Waals surface area contributed by atoms with E-state index in [0.717, 1.165) is 77.5 Å². The molecule has 270 valence electrons. The average Bonchev–Trinajstić information content (AvgIpc) is 3.54. The highest BCUT2D eigenvalue weighted by Crippen LogP contribution is 2.44. The van der Waals surface area contributed by atoms with Crippen molar-refractivity contribution in [2.45, 2.75) is 76.3 Å². The minimum absolute atomic E-state index is 0.0315. The third-order valence-electron chi connectivity index (χ3n) is 9.78. The van der Waals surface area contributed by atoms with Gasteiger partial charge in [0.15, 0.2) is 0 Å². The highest BCUT2D eigenvalue weighted by molar-refractivity contribution is 6.36. The van der Waals surface area contributed by atoms with Gasteiger partial charge in [-0.2, -0.15) is 4.98 Å². The summed E-state index contributed by atoms with van der Waals surface area (Å²) in [4.78, 5) is 22.3. The number of carbonyl (C=O) groups is 1. The maximum atomic E-state index is 11.0. The summed E-state index contributed by atoms with van der Waals surface area (Å²) in [5.74, 6) is 0.328. The van der Waals surface area contributed by atoms with Gasteiger partial charge in [0.1, 0.15) is 11.1 Å². The Morgan fingerprint density at radius 2 is 1.65 bits per heavy atom. The van der Waals surface area contributed by atoms with Crippen molar-refractivity contribution in [2.24, 2.45) is 0 Å². The van der Waals surface area contributed by atoms with Gasteiger partial charge in [-0.3, -0.25) is 4.79 Å². The molecular weight excluding hydrogens is 691 g/mol. The van der Waals surface area contributed by atoms with Crippen molar-refractivity contribution in [3.63, 3.8) is 0 Å². The summed E-state index contributed by atoms with van der Waals surface area (Å²) < 4.78 is 17.7. The van der Waals surface area contributed by atoms with Crippen molar-refractivity contribution in [3.8, 4) is 40.0 Å². The van der Waals surface area contributed by atoms with Crippen LogP contribution in [0.15, 0.2) is 54.6 Å². The van der Waals surface area contributed by atoms with E-state index in [2.05, 4.69) is 22.4 Å². The third-order valence-corrected chi connectivity index (χ3v) is 10.5. The normalized spacial score (nSPS) is 18.5. The van der Waals surface area contributed by atoms with Crippen molar-refractivity contribution in [2.75, 3.05) is 27.8 Å². The van der Waals surface area contributed by atoms with Crippen LogP contribution >= 0.6 is 23.2 Å². The number of pyridine rings is 2. The second-order valence-electron chi connectivity index (χ2n) is 13.2. The van der Waals surface area contributed by atoms with Gasteiger partial charge in [-0.25, -0.2) is 4.98 Å². The Morgan fingerprint density at radius 3 is 2.41 bits per heavy atom. The fraction of sp³-hybridized carbons (Fsp3) is 0.410. The van der Waals surface area contributed by atoms with E-state index in [1.807, 2.05) is 48.3 Å². The molecule has 1 fully saturated rings. The zero-order valence-corrected chi connectivity index (χ0v) is 30.6. The number of fused-ring (bicyclic) bond motifs is 1. The lowest BCUT2D eigenvalue weighted by atomic mass is 9.92. The second-order valence-corrected chi connectivity index (χ2v) is 14.0. The van der Waals surface area contributed by atoms with Gasteiger partial charge in [-0.1, -0.05) is 78.5 Å². The molecule has 1 saturated carbocycles. The fourth-order valence-electron chi connectivity index (χ4n) is 7.11. The monoisotopic (exact) mass is 734 g/mol. The third kappa shape index (κ3) is 8.42. The van der Waals surface area contributed by atoms with E-state index in [1.165, 1.54) is 7.11 Å². The molecule has 2 aromatic carbocycles. The average molecular weight is 736 g/mol. The van der Waals surface area contributed by atoms with E-state index >= 15 is 0 Å². The predicted octanol–water partition coefficient (Wildman–Crippen LogP) is 7.50. The first-order chi connectivity index (χ1) is 24.7. The molecule has 4 aromatic rings. The molecule has 12 heteroatoms. The summed E-state index contributed by atoms with van der Waals surface area (Å²) in [6, 6.07) is 17.9. The van der Waals surface area contributed by atoms with Gasteiger partial charge < -0.3 is 34.6 Å². The second kappa shape index (κ2) is 16.6. The minimum Gasteiger partial charge on any atom is -0.481 e. The van der Waals surface area contributed by atoms with Crippen LogP contribution in [0, 0.1) is 0 Å². The number of benzene rings is 2. The van der Waals surface area contributed by atoms with Gasteiger partial charge in [0, 0.05) is 47.9 Å². The number of aliphatic hydroxyl groups is 1. The minimum atomic E-state index is -0.854. The van der Waals surface area contributed by atoms with E-state index in [-0.39, 0.29) is 30.6 Å². The van der Waals surface area contributed by atoms with Gasteiger partial charge in [0.25, 0.3) is 0 Å². The van der Waals surface area contributed by atoms with Crippen LogP contribution in [0.3, 0.4) is 0 Å². The summed E-state index contributed by atoms with van der Waals surface area (Å²) in [7, 11) is 4.99. The Hall–Kier alpha value is -3.93. The first-order valence-corrected chi connectivity index (χ1v) is 18.1. The molecule has 0 amide bonds. The Labute approximate surface area is 308 Å². The van der Waals surface area contributed by atoms with Crippen LogP contribution in [0.25, 0.3) is 22.4 Å². The predicted molar refractivity (Wildman–Crippen MR) is 198 cm³/mol. The number of rotatable bonds is 14. The molecule has 0 saturated heterocycles. The smallest absolute Gasteiger partial charge is 0.304 e. The number of nitrogens with one attached hydrogen (secondary N) is 1. The van der Waals surface area contributed by atoms with E-state index < -0.39 is 5.97 Å². The molecule has 0 radical (unpaired) electrons. The van der Waals surface area contributed by atoms with E-state index in [4.69, 9.17) is 47.5 Å². The quantitative estimate of drug-likeness (QED) is 0.120. The van der Waals surface area contributed by atoms with Gasteiger partial charge in [-0.15, -0.1) is 0 Å². The molecule has 2 heterocycles. The Morgan fingerprint density at radius 1 is 0.922 bits per heavy atom. The molecule has 0 aliphatic heterocycles. The zero-order valence-electron chi connectivity index (χ0n) is 29.1. The first kappa shape index (κ1) is 36.8. The summed E-state index contributed by atoms with van der Waals surface area (Å²) in [5.41, 5.74) is 7.29. The lowest BCUT2D eigenvalue weighted by Crippen LogP contribution is -2.41. The first-order valence-electron chi connectivity index (χ1n) is 17.3. The molecule has 0 bridgehead atoms. The van der Waals surface area contributed by atoms with Crippen molar-refractivity contribution in [3.05, 3.63) is 86.9 Å². The summed E-state index contributed by atoms with van der Waals surface area (Å²) >= 11 is 13.9. The van der Waals surface area contributed by atoms with Gasteiger partial charge >= 0.3 is 5.97 Å². The maximum absolute atomic E-state index is 11.0.